The van der Waals surface area contributed by atoms with Gasteiger partial charge < -0.3 is 14.8 Å². The zero-order chi connectivity index (χ0) is 21.7. The minimum atomic E-state index is -0.364. The highest BCUT2D eigenvalue weighted by molar-refractivity contribution is 5.87. The van der Waals surface area contributed by atoms with Crippen molar-refractivity contribution >= 4 is 22.8 Å². The number of aromatic nitrogens is 2. The van der Waals surface area contributed by atoms with Crippen LogP contribution in [0.2, 0.25) is 0 Å². The Bertz CT molecular complexity index is 1040. The van der Waals surface area contributed by atoms with Crippen LogP contribution in [-0.4, -0.2) is 32.3 Å². The van der Waals surface area contributed by atoms with Gasteiger partial charge in [0, 0.05) is 12.6 Å². The van der Waals surface area contributed by atoms with Gasteiger partial charge in [-0.05, 0) is 44.5 Å². The number of imidazole rings is 1. The highest BCUT2D eigenvalue weighted by Crippen LogP contribution is 2.22. The zero-order valence-electron chi connectivity index (χ0n) is 17.7. The second kappa shape index (κ2) is 9.39. The minimum absolute atomic E-state index is 0.000466. The molecule has 0 aliphatic rings. The predicted molar refractivity (Wildman–Crippen MR) is 119 cm³/mol. The first kappa shape index (κ1) is 21.3. The van der Waals surface area contributed by atoms with Gasteiger partial charge in [-0.15, -0.1) is 0 Å². The molecule has 0 aliphatic heterocycles. The number of nitrogens with zero attached hydrogens (tertiary/aromatic N) is 3. The van der Waals surface area contributed by atoms with Gasteiger partial charge in [-0.1, -0.05) is 49.0 Å². The number of fused-ring (bicyclic) bond motifs is 1. The summed E-state index contributed by atoms with van der Waals surface area (Å²) in [7, 11) is 0. The molecular weight excluding hydrogens is 376 g/mol. The molecule has 0 aliphatic carbocycles. The molecule has 30 heavy (non-hydrogen) atoms. The summed E-state index contributed by atoms with van der Waals surface area (Å²) in [4.78, 5) is 31.7. The topological polar surface area (TPSA) is 67.2 Å². The van der Waals surface area contributed by atoms with Crippen LogP contribution in [0.4, 0.5) is 0 Å². The molecule has 6 heteroatoms. The summed E-state index contributed by atoms with van der Waals surface area (Å²) in [6.07, 6.45) is 1.23. The molecule has 3 aromatic rings. The van der Waals surface area contributed by atoms with Gasteiger partial charge in [0.05, 0.1) is 17.1 Å². The van der Waals surface area contributed by atoms with Crippen LogP contribution in [0.3, 0.4) is 0 Å². The van der Waals surface area contributed by atoms with Gasteiger partial charge in [0.2, 0.25) is 11.8 Å². The standard InChI is InChI=1S/C24H28N4O2/c1-5-22(29)25-18(4)24-26-20-13-9-10-14-21(20)28(24)16-23(30)27(17(2)3)15-19-11-7-6-8-12-19/h5-14,17-18H,1,15-16H2,2-4H3,(H,25,29). The maximum atomic E-state index is 13.3. The van der Waals surface area contributed by atoms with Crippen LogP contribution in [0.1, 0.15) is 38.2 Å². The summed E-state index contributed by atoms with van der Waals surface area (Å²) < 4.78 is 1.89. The number of rotatable bonds is 8. The normalized spacial score (nSPS) is 12.0. The third-order valence-electron chi connectivity index (χ3n) is 5.05. The Morgan fingerprint density at radius 2 is 1.77 bits per heavy atom. The van der Waals surface area contributed by atoms with Gasteiger partial charge in [-0.3, -0.25) is 9.59 Å². The summed E-state index contributed by atoms with van der Waals surface area (Å²) in [6, 6.07) is 17.3. The van der Waals surface area contributed by atoms with Crippen molar-refractivity contribution in [1.29, 1.82) is 0 Å². The smallest absolute Gasteiger partial charge is 0.243 e. The first-order valence-electron chi connectivity index (χ1n) is 10.1. The van der Waals surface area contributed by atoms with Crippen LogP contribution in [0.5, 0.6) is 0 Å². The summed E-state index contributed by atoms with van der Waals surface area (Å²) in [6.45, 7) is 10.1. The van der Waals surface area contributed by atoms with Crippen molar-refractivity contribution in [1.82, 2.24) is 19.8 Å². The Kier molecular flexibility index (Phi) is 6.67. The molecule has 1 N–H and O–H groups in total. The third kappa shape index (κ3) is 4.76. The lowest BCUT2D eigenvalue weighted by Gasteiger charge is -2.28. The molecule has 0 fully saturated rings. The maximum absolute atomic E-state index is 13.3. The highest BCUT2D eigenvalue weighted by Gasteiger charge is 2.23. The lowest BCUT2D eigenvalue weighted by molar-refractivity contribution is -0.134. The Morgan fingerprint density at radius 3 is 2.43 bits per heavy atom. The van der Waals surface area contributed by atoms with Gasteiger partial charge in [0.25, 0.3) is 0 Å². The van der Waals surface area contributed by atoms with Crippen LogP contribution in [0.15, 0.2) is 67.3 Å². The molecule has 1 atom stereocenters. The van der Waals surface area contributed by atoms with E-state index in [1.165, 1.54) is 6.08 Å². The van der Waals surface area contributed by atoms with Crippen LogP contribution < -0.4 is 5.32 Å². The fourth-order valence-electron chi connectivity index (χ4n) is 3.49. The molecule has 0 spiro atoms. The van der Waals surface area contributed by atoms with Gasteiger partial charge in [0.15, 0.2) is 0 Å². The van der Waals surface area contributed by atoms with Crippen molar-refractivity contribution in [2.24, 2.45) is 0 Å². The monoisotopic (exact) mass is 404 g/mol. The quantitative estimate of drug-likeness (QED) is 0.580. The van der Waals surface area contributed by atoms with Gasteiger partial charge in [0.1, 0.15) is 12.4 Å². The SMILES string of the molecule is C=CC(=O)NC(C)c1nc2ccccc2n1CC(=O)N(Cc1ccccc1)C(C)C. The first-order chi connectivity index (χ1) is 14.4. The van der Waals surface area contributed by atoms with Crippen molar-refractivity contribution in [3.8, 4) is 0 Å². The Morgan fingerprint density at radius 1 is 1.10 bits per heavy atom. The lowest BCUT2D eigenvalue weighted by atomic mass is 10.2. The van der Waals surface area contributed by atoms with E-state index < -0.39 is 0 Å². The number of hydrogen-bond acceptors (Lipinski definition) is 3. The molecule has 1 aromatic heterocycles. The Labute approximate surface area is 177 Å². The lowest BCUT2D eigenvalue weighted by Crippen LogP contribution is -2.39. The van der Waals surface area contributed by atoms with E-state index in [-0.39, 0.29) is 30.4 Å². The third-order valence-corrected chi connectivity index (χ3v) is 5.05. The molecule has 1 unspecified atom stereocenters. The number of carbonyl (C=O) groups excluding carboxylic acids is 2. The second-order valence-electron chi connectivity index (χ2n) is 7.58. The van der Waals surface area contributed by atoms with Crippen molar-refractivity contribution in [3.05, 3.63) is 78.6 Å². The van der Waals surface area contributed by atoms with Crippen LogP contribution in [0, 0.1) is 0 Å². The highest BCUT2D eigenvalue weighted by atomic mass is 16.2. The summed E-state index contributed by atoms with van der Waals surface area (Å²) in [5.41, 5.74) is 2.74. The predicted octanol–water partition coefficient (Wildman–Crippen LogP) is 3.84. The van der Waals surface area contributed by atoms with E-state index in [0.717, 1.165) is 16.6 Å². The van der Waals surface area contributed by atoms with Crippen molar-refractivity contribution in [3.63, 3.8) is 0 Å². The van der Waals surface area contributed by atoms with Gasteiger partial charge in [-0.2, -0.15) is 0 Å². The minimum Gasteiger partial charge on any atom is -0.343 e. The van der Waals surface area contributed by atoms with E-state index in [2.05, 4.69) is 16.9 Å². The first-order valence-corrected chi connectivity index (χ1v) is 10.1. The number of benzene rings is 2. The van der Waals surface area contributed by atoms with Crippen LogP contribution in [0.25, 0.3) is 11.0 Å². The molecule has 3 rings (SSSR count). The molecule has 2 aromatic carbocycles. The zero-order valence-corrected chi connectivity index (χ0v) is 17.7. The number of hydrogen-bond donors (Lipinski definition) is 1. The molecule has 1 heterocycles. The van der Waals surface area contributed by atoms with Crippen molar-refractivity contribution in [2.75, 3.05) is 0 Å². The second-order valence-corrected chi connectivity index (χ2v) is 7.58. The average Bonchev–Trinajstić information content (AvgIpc) is 3.11. The van der Waals surface area contributed by atoms with Gasteiger partial charge >= 0.3 is 0 Å². The van der Waals surface area contributed by atoms with Crippen molar-refractivity contribution < 1.29 is 9.59 Å². The van der Waals surface area contributed by atoms with E-state index in [1.807, 2.05) is 84.8 Å². The fourth-order valence-corrected chi connectivity index (χ4v) is 3.49. The molecule has 0 saturated heterocycles. The number of nitrogens with one attached hydrogen (secondary N) is 1. The summed E-state index contributed by atoms with van der Waals surface area (Å²) >= 11 is 0. The van der Waals surface area contributed by atoms with E-state index in [4.69, 9.17) is 0 Å². The number of para-hydroxylation sites is 2. The fraction of sp³-hybridized carbons (Fsp3) is 0.292. The van der Waals surface area contributed by atoms with Crippen LogP contribution in [-0.2, 0) is 22.7 Å². The molecular formula is C24H28N4O2. The van der Waals surface area contributed by atoms with Crippen molar-refractivity contribution in [2.45, 2.75) is 45.9 Å². The molecule has 0 bridgehead atoms. The molecule has 0 radical (unpaired) electrons. The molecule has 6 nitrogen and oxygen atoms in total. The van der Waals surface area contributed by atoms with Crippen LogP contribution >= 0.6 is 0 Å². The maximum Gasteiger partial charge on any atom is 0.243 e. The molecule has 2 amide bonds. The number of amides is 2. The summed E-state index contributed by atoms with van der Waals surface area (Å²) in [5, 5.41) is 2.85. The van der Waals surface area contributed by atoms with E-state index in [9.17, 15) is 9.59 Å². The average molecular weight is 405 g/mol. The van der Waals surface area contributed by atoms with E-state index in [1.54, 1.807) is 0 Å². The molecule has 156 valence electrons. The Balaban J connectivity index is 1.92. The molecule has 0 saturated carbocycles. The van der Waals surface area contributed by atoms with Gasteiger partial charge in [-0.25, -0.2) is 4.98 Å². The Hall–Kier alpha value is -3.41. The summed E-state index contributed by atoms with van der Waals surface area (Å²) in [5.74, 6) is 0.365. The number of carbonyl (C=O) groups is 2. The largest absolute Gasteiger partial charge is 0.343 e. The van der Waals surface area contributed by atoms with E-state index >= 15 is 0 Å². The van der Waals surface area contributed by atoms with E-state index in [0.29, 0.717) is 12.4 Å².